The van der Waals surface area contributed by atoms with Gasteiger partial charge < -0.3 is 29.8 Å². The van der Waals surface area contributed by atoms with Crippen LogP contribution in [0.4, 0.5) is 0 Å². The lowest BCUT2D eigenvalue weighted by Crippen LogP contribution is -2.78. The second-order valence-electron chi connectivity index (χ2n) is 15.1. The molecule has 0 saturated heterocycles. The monoisotopic (exact) mass is 633 g/mol. The highest BCUT2D eigenvalue weighted by atomic mass is 16.6. The number of fused-ring (bicyclic) bond motifs is 6. The summed E-state index contributed by atoms with van der Waals surface area (Å²) in [7, 11) is 0. The highest BCUT2D eigenvalue weighted by molar-refractivity contribution is 5.94. The van der Waals surface area contributed by atoms with Crippen LogP contribution in [0.15, 0.2) is 53.6 Å². The number of ether oxygens (including phenoxy) is 2. The normalized spacial score (nSPS) is 38.9. The number of benzene rings is 1. The number of para-hydroxylation sites is 1. The van der Waals surface area contributed by atoms with Crippen LogP contribution < -0.4 is 0 Å². The molecule has 8 atom stereocenters. The van der Waals surface area contributed by atoms with E-state index in [1.165, 1.54) is 13.0 Å². The fraction of sp³-hybridized carbons (Fsp3) is 0.595. The van der Waals surface area contributed by atoms with Crippen molar-refractivity contribution in [2.24, 2.45) is 22.7 Å². The van der Waals surface area contributed by atoms with Crippen molar-refractivity contribution in [3.63, 3.8) is 0 Å². The molecule has 0 spiro atoms. The molecule has 9 heteroatoms. The van der Waals surface area contributed by atoms with E-state index in [9.17, 15) is 29.7 Å². The molecule has 0 amide bonds. The van der Waals surface area contributed by atoms with Crippen LogP contribution in [0.5, 0.6) is 0 Å². The third-order valence-corrected chi connectivity index (χ3v) is 12.7. The van der Waals surface area contributed by atoms with Crippen LogP contribution in [-0.2, 0) is 19.1 Å². The predicted octanol–water partition coefficient (Wildman–Crippen LogP) is 5.33. The number of esters is 2. The number of allylic oxidation sites excluding steroid dienone is 1. The van der Waals surface area contributed by atoms with Crippen molar-refractivity contribution in [3.05, 3.63) is 59.3 Å². The summed E-state index contributed by atoms with van der Waals surface area (Å²) >= 11 is 0. The highest BCUT2D eigenvalue weighted by Gasteiger charge is 2.81. The number of ketones is 1. The van der Waals surface area contributed by atoms with Crippen LogP contribution in [0.3, 0.4) is 0 Å². The van der Waals surface area contributed by atoms with Gasteiger partial charge in [0.15, 0.2) is 5.78 Å². The molecule has 0 bridgehead atoms. The lowest BCUT2D eigenvalue weighted by molar-refractivity contribution is -0.314. The molecule has 4 aliphatic rings. The van der Waals surface area contributed by atoms with E-state index in [1.54, 1.807) is 13.0 Å². The Bertz CT molecular complexity index is 1620. The first kappa shape index (κ1) is 32.7. The number of carbonyl (C=O) groups is 3. The summed E-state index contributed by atoms with van der Waals surface area (Å²) < 4.78 is 12.1. The Morgan fingerprint density at radius 1 is 1.02 bits per heavy atom. The zero-order valence-electron chi connectivity index (χ0n) is 27.7. The topological polar surface area (TPSA) is 146 Å². The van der Waals surface area contributed by atoms with E-state index in [4.69, 9.17) is 9.47 Å². The van der Waals surface area contributed by atoms with Crippen molar-refractivity contribution in [1.29, 1.82) is 0 Å². The van der Waals surface area contributed by atoms with E-state index in [0.29, 0.717) is 25.0 Å². The maximum Gasteiger partial charge on any atom is 0.355 e. The number of H-pyrrole nitrogens is 1. The molecule has 9 nitrogen and oxygen atoms in total. The van der Waals surface area contributed by atoms with Crippen LogP contribution >= 0.6 is 0 Å². The lowest BCUT2D eigenvalue weighted by Gasteiger charge is -2.67. The third kappa shape index (κ3) is 4.48. The minimum absolute atomic E-state index is 0.0223. The Kier molecular flexibility index (Phi) is 7.73. The summed E-state index contributed by atoms with van der Waals surface area (Å²) in [5.41, 5.74) is -4.79. The molecular weight excluding hydrogens is 586 g/mol. The standard InChI is InChI=1S/C37H47NO8/c1-21(2)22(3)17-31(40)46-30-20-29-33(5)13-12-26(45-32(41)28-18-24-9-7-8-10-27(24)38-28)19-25(33)11-14-36(29,43)37(44)16-15-35(42,23(4)39)34(30,37)6/h7-11,17-18,21,26,29-30,38,42-44H,12-16,19-20H2,1-6H3/b22-17+/t26-,29?,30+,33-,34+,35+,36-,37+/m0/s1. The molecule has 1 unspecified atom stereocenters. The summed E-state index contributed by atoms with van der Waals surface area (Å²) in [6.07, 6.45) is 3.71. The SMILES string of the molecule is CC(=O)[C@]1(O)CC[C@@]2(O)[C@]1(C)[C@H](OC(=O)/C=C(\C)C(C)C)CC1[C@@]3(C)CC[C@H](OC(=O)c4cc5ccccc5[nH]4)CC3=CC[C@]12O. The molecule has 1 aromatic carbocycles. The third-order valence-electron chi connectivity index (χ3n) is 12.7. The number of aromatic amines is 1. The number of Topliss-reactive ketones (excluding diaryl/α,β-unsaturated/α-hetero) is 1. The van der Waals surface area contributed by atoms with Gasteiger partial charge in [0.1, 0.15) is 34.7 Å². The number of hydrogen-bond acceptors (Lipinski definition) is 8. The molecule has 6 rings (SSSR count). The second-order valence-corrected chi connectivity index (χ2v) is 15.1. The van der Waals surface area contributed by atoms with Gasteiger partial charge in [-0.1, -0.05) is 56.2 Å². The summed E-state index contributed by atoms with van der Waals surface area (Å²) in [6.45, 7) is 10.7. The number of aliphatic hydroxyl groups is 3. The molecule has 0 aliphatic heterocycles. The number of nitrogens with one attached hydrogen (secondary N) is 1. The Morgan fingerprint density at radius 2 is 1.74 bits per heavy atom. The van der Waals surface area contributed by atoms with Crippen molar-refractivity contribution >= 4 is 28.6 Å². The van der Waals surface area contributed by atoms with Gasteiger partial charge in [0.2, 0.25) is 0 Å². The van der Waals surface area contributed by atoms with Crippen molar-refractivity contribution in [3.8, 4) is 0 Å². The van der Waals surface area contributed by atoms with Gasteiger partial charge in [-0.2, -0.15) is 0 Å². The minimum Gasteiger partial charge on any atom is -0.458 e. The van der Waals surface area contributed by atoms with E-state index in [-0.39, 0.29) is 37.7 Å². The van der Waals surface area contributed by atoms with Crippen molar-refractivity contribution in [2.75, 3.05) is 0 Å². The van der Waals surface area contributed by atoms with Crippen molar-refractivity contribution in [2.45, 2.75) is 115 Å². The number of hydrogen-bond donors (Lipinski definition) is 4. The molecule has 3 saturated carbocycles. The van der Waals surface area contributed by atoms with Crippen LogP contribution in [0.2, 0.25) is 0 Å². The molecular formula is C37H47NO8. The molecule has 4 aliphatic carbocycles. The van der Waals surface area contributed by atoms with Gasteiger partial charge in [-0.3, -0.25) is 4.79 Å². The minimum atomic E-state index is -2.00. The Hall–Kier alpha value is -3.27. The van der Waals surface area contributed by atoms with Gasteiger partial charge in [-0.25, -0.2) is 9.59 Å². The highest BCUT2D eigenvalue weighted by Crippen LogP contribution is 2.71. The van der Waals surface area contributed by atoms with Gasteiger partial charge in [-0.05, 0) is 82.8 Å². The number of carbonyl (C=O) groups excluding carboxylic acids is 3. The smallest absolute Gasteiger partial charge is 0.355 e. The Balaban J connectivity index is 1.32. The molecule has 1 heterocycles. The van der Waals surface area contributed by atoms with E-state index >= 15 is 0 Å². The molecule has 4 N–H and O–H groups in total. The van der Waals surface area contributed by atoms with E-state index in [0.717, 1.165) is 22.0 Å². The maximum atomic E-state index is 13.3. The quantitative estimate of drug-likeness (QED) is 0.190. The number of aromatic nitrogens is 1. The van der Waals surface area contributed by atoms with Gasteiger partial charge in [0.05, 0.1) is 5.41 Å². The van der Waals surface area contributed by atoms with Crippen molar-refractivity contribution in [1.82, 2.24) is 4.98 Å². The first-order valence-electron chi connectivity index (χ1n) is 16.6. The van der Waals surface area contributed by atoms with Crippen LogP contribution in [0, 0.1) is 22.7 Å². The first-order valence-corrected chi connectivity index (χ1v) is 16.6. The number of rotatable bonds is 6. The van der Waals surface area contributed by atoms with Gasteiger partial charge >= 0.3 is 11.9 Å². The van der Waals surface area contributed by atoms with Gasteiger partial charge in [0.25, 0.3) is 0 Å². The average Bonchev–Trinajstić information content (AvgIpc) is 3.53. The molecule has 1 aromatic heterocycles. The summed E-state index contributed by atoms with van der Waals surface area (Å²) in [6, 6.07) is 9.43. The van der Waals surface area contributed by atoms with Crippen LogP contribution in [-0.4, -0.2) is 67.0 Å². The van der Waals surface area contributed by atoms with Crippen LogP contribution in [0.1, 0.15) is 97.0 Å². The second kappa shape index (κ2) is 10.9. The summed E-state index contributed by atoms with van der Waals surface area (Å²) in [5.74, 6) is -1.99. The van der Waals surface area contributed by atoms with E-state index in [2.05, 4.69) is 11.9 Å². The molecule has 46 heavy (non-hydrogen) atoms. The largest absolute Gasteiger partial charge is 0.458 e. The summed E-state index contributed by atoms with van der Waals surface area (Å²) in [4.78, 5) is 42.6. The first-order chi connectivity index (χ1) is 21.5. The maximum absolute atomic E-state index is 13.3. The molecule has 2 aromatic rings. The van der Waals surface area contributed by atoms with Crippen LogP contribution in [0.25, 0.3) is 10.9 Å². The van der Waals surface area contributed by atoms with E-state index < -0.39 is 57.4 Å². The fourth-order valence-corrected chi connectivity index (χ4v) is 9.38. The van der Waals surface area contributed by atoms with Gasteiger partial charge in [0, 0.05) is 29.3 Å². The van der Waals surface area contributed by atoms with E-state index in [1.807, 2.05) is 51.1 Å². The van der Waals surface area contributed by atoms with Crippen molar-refractivity contribution < 1.29 is 39.2 Å². The lowest BCUT2D eigenvalue weighted by atomic mass is 9.42. The predicted molar refractivity (Wildman–Crippen MR) is 172 cm³/mol. The van der Waals surface area contributed by atoms with Gasteiger partial charge in [-0.15, -0.1) is 0 Å². The zero-order valence-corrected chi connectivity index (χ0v) is 27.7. The fourth-order valence-electron chi connectivity index (χ4n) is 9.38. The molecule has 248 valence electrons. The Morgan fingerprint density at radius 3 is 2.41 bits per heavy atom. The Labute approximate surface area is 270 Å². The summed E-state index contributed by atoms with van der Waals surface area (Å²) in [5, 5.41) is 38.1. The zero-order chi connectivity index (χ0) is 33.4. The average molecular weight is 634 g/mol. The molecule has 0 radical (unpaired) electrons. The molecule has 3 fully saturated rings.